The van der Waals surface area contributed by atoms with E-state index in [1.165, 1.54) is 16.6 Å². The van der Waals surface area contributed by atoms with Gasteiger partial charge in [-0.1, -0.05) is 11.6 Å². The molecule has 0 saturated carbocycles. The second kappa shape index (κ2) is 8.57. The highest BCUT2D eigenvalue weighted by Gasteiger charge is 2.17. The Kier molecular flexibility index (Phi) is 6.31. The number of aryl methyl sites for hydroxylation is 3. The number of imidazole rings is 1. The molecule has 9 heteroatoms. The summed E-state index contributed by atoms with van der Waals surface area (Å²) in [7, 11) is 2.00. The molecular formula is C20H25Cl2N7. The van der Waals surface area contributed by atoms with Crippen molar-refractivity contribution in [2.45, 2.75) is 33.0 Å². The maximum atomic E-state index is 4.80. The molecule has 0 bridgehead atoms. The molecule has 0 spiro atoms. The van der Waals surface area contributed by atoms with Crippen LogP contribution in [0.2, 0.25) is 0 Å². The topological polar surface area (TPSA) is 65.5 Å². The van der Waals surface area contributed by atoms with E-state index in [1.807, 2.05) is 24.1 Å². The van der Waals surface area contributed by atoms with E-state index in [0.717, 1.165) is 48.8 Å². The molecule has 0 saturated heterocycles. The third-order valence-corrected chi connectivity index (χ3v) is 5.24. The molecular weight excluding hydrogens is 409 g/mol. The Morgan fingerprint density at radius 2 is 2.00 bits per heavy atom. The van der Waals surface area contributed by atoms with Gasteiger partial charge in [-0.3, -0.25) is 9.36 Å². The van der Waals surface area contributed by atoms with Gasteiger partial charge in [0.15, 0.2) is 5.82 Å². The van der Waals surface area contributed by atoms with Crippen LogP contribution < -0.4 is 5.32 Å². The number of rotatable bonds is 3. The summed E-state index contributed by atoms with van der Waals surface area (Å²) >= 11 is 0. The maximum Gasteiger partial charge on any atom is 0.160 e. The first-order valence-corrected chi connectivity index (χ1v) is 9.40. The molecule has 5 rings (SSSR count). The molecule has 1 aliphatic rings. The molecule has 3 aromatic heterocycles. The normalized spacial score (nSPS) is 13.4. The van der Waals surface area contributed by atoms with E-state index < -0.39 is 0 Å². The SMILES string of the molecule is Cc1ccc2c(c1)c(Cn1ccnc1-c1cc3n(n1)CCCNC3)nn2C.Cl.Cl. The number of nitrogens with one attached hydrogen (secondary N) is 1. The number of aromatic nitrogens is 6. The summed E-state index contributed by atoms with van der Waals surface area (Å²) in [5.41, 5.74) is 5.59. The standard InChI is InChI=1S/C20H23N7.2ClH/c1-14-4-5-19-16(10-14)18(23-25(19)2)13-26-9-7-22-20(26)17-11-15-12-21-6-3-8-27(15)24-17;;/h4-5,7,9-11,21H,3,6,8,12-13H2,1-2H3;2*1H. The van der Waals surface area contributed by atoms with Gasteiger partial charge in [0.1, 0.15) is 5.69 Å². The summed E-state index contributed by atoms with van der Waals surface area (Å²) < 4.78 is 6.19. The van der Waals surface area contributed by atoms with Gasteiger partial charge in [-0.05, 0) is 38.1 Å². The van der Waals surface area contributed by atoms with Gasteiger partial charge in [0.25, 0.3) is 0 Å². The van der Waals surface area contributed by atoms with Crippen molar-refractivity contribution in [3.05, 3.63) is 53.6 Å². The van der Waals surface area contributed by atoms with Gasteiger partial charge >= 0.3 is 0 Å². The van der Waals surface area contributed by atoms with Gasteiger partial charge in [0.05, 0.1) is 23.4 Å². The number of benzene rings is 1. The van der Waals surface area contributed by atoms with Crippen LogP contribution in [0.5, 0.6) is 0 Å². The van der Waals surface area contributed by atoms with Crippen LogP contribution in [0.15, 0.2) is 36.7 Å². The van der Waals surface area contributed by atoms with E-state index in [4.69, 9.17) is 10.2 Å². The molecule has 1 N–H and O–H groups in total. The number of hydrogen-bond donors (Lipinski definition) is 1. The lowest BCUT2D eigenvalue weighted by Gasteiger charge is -2.05. The number of hydrogen-bond acceptors (Lipinski definition) is 4. The largest absolute Gasteiger partial charge is 0.324 e. The second-order valence-electron chi connectivity index (χ2n) is 7.24. The van der Waals surface area contributed by atoms with E-state index in [2.05, 4.69) is 50.7 Å². The maximum absolute atomic E-state index is 4.80. The van der Waals surface area contributed by atoms with Crippen LogP contribution in [-0.4, -0.2) is 35.7 Å². The quantitative estimate of drug-likeness (QED) is 0.537. The summed E-state index contributed by atoms with van der Waals surface area (Å²) in [5.74, 6) is 0.891. The van der Waals surface area contributed by atoms with Crippen molar-refractivity contribution in [1.29, 1.82) is 0 Å². The van der Waals surface area contributed by atoms with Crippen molar-refractivity contribution in [3.63, 3.8) is 0 Å². The Hall–Kier alpha value is -2.35. The molecule has 0 fully saturated rings. The van der Waals surface area contributed by atoms with Crippen molar-refractivity contribution >= 4 is 35.7 Å². The minimum Gasteiger partial charge on any atom is -0.324 e. The Labute approximate surface area is 181 Å². The van der Waals surface area contributed by atoms with Crippen LogP contribution >= 0.6 is 24.8 Å². The van der Waals surface area contributed by atoms with Crippen molar-refractivity contribution in [1.82, 2.24) is 34.4 Å². The highest BCUT2D eigenvalue weighted by atomic mass is 35.5. The predicted molar refractivity (Wildman–Crippen MR) is 119 cm³/mol. The first-order valence-electron chi connectivity index (χ1n) is 9.40. The highest BCUT2D eigenvalue weighted by Crippen LogP contribution is 2.23. The molecule has 4 heterocycles. The minimum atomic E-state index is 0. The zero-order valence-electron chi connectivity index (χ0n) is 16.5. The van der Waals surface area contributed by atoms with Gasteiger partial charge in [-0.2, -0.15) is 10.2 Å². The smallest absolute Gasteiger partial charge is 0.160 e. The molecule has 154 valence electrons. The van der Waals surface area contributed by atoms with Crippen LogP contribution in [0.25, 0.3) is 22.4 Å². The van der Waals surface area contributed by atoms with Crippen molar-refractivity contribution in [2.24, 2.45) is 7.05 Å². The van der Waals surface area contributed by atoms with Crippen LogP contribution in [0.3, 0.4) is 0 Å². The van der Waals surface area contributed by atoms with Gasteiger partial charge in [-0.25, -0.2) is 4.98 Å². The van der Waals surface area contributed by atoms with Crippen LogP contribution in [-0.2, 0) is 26.7 Å². The second-order valence-corrected chi connectivity index (χ2v) is 7.24. The van der Waals surface area contributed by atoms with Crippen molar-refractivity contribution in [2.75, 3.05) is 6.54 Å². The monoisotopic (exact) mass is 433 g/mol. The van der Waals surface area contributed by atoms with Crippen LogP contribution in [0.4, 0.5) is 0 Å². The Bertz CT molecular complexity index is 1100. The Morgan fingerprint density at radius 3 is 2.86 bits per heavy atom. The Balaban J connectivity index is 0.00000120. The lowest BCUT2D eigenvalue weighted by Crippen LogP contribution is -2.11. The fourth-order valence-corrected chi connectivity index (χ4v) is 3.87. The fourth-order valence-electron chi connectivity index (χ4n) is 3.87. The summed E-state index contributed by atoms with van der Waals surface area (Å²) in [6.07, 6.45) is 4.95. The lowest BCUT2D eigenvalue weighted by atomic mass is 10.1. The first-order chi connectivity index (χ1) is 13.2. The summed E-state index contributed by atoms with van der Waals surface area (Å²) in [6, 6.07) is 8.62. The highest BCUT2D eigenvalue weighted by molar-refractivity contribution is 5.85. The number of halogens is 2. The summed E-state index contributed by atoms with van der Waals surface area (Å²) in [4.78, 5) is 4.59. The minimum absolute atomic E-state index is 0. The molecule has 7 nitrogen and oxygen atoms in total. The van der Waals surface area contributed by atoms with Crippen molar-refractivity contribution < 1.29 is 0 Å². The summed E-state index contributed by atoms with van der Waals surface area (Å²) in [6.45, 7) is 5.65. The predicted octanol–water partition coefficient (Wildman–Crippen LogP) is 3.33. The van der Waals surface area contributed by atoms with Gasteiger partial charge in [-0.15, -0.1) is 24.8 Å². The average molecular weight is 434 g/mol. The molecule has 4 aromatic rings. The third-order valence-electron chi connectivity index (χ3n) is 5.24. The third kappa shape index (κ3) is 3.90. The van der Waals surface area contributed by atoms with E-state index in [0.29, 0.717) is 6.54 Å². The lowest BCUT2D eigenvalue weighted by molar-refractivity contribution is 0.587. The Morgan fingerprint density at radius 1 is 1.14 bits per heavy atom. The number of fused-ring (bicyclic) bond motifs is 2. The molecule has 1 aliphatic heterocycles. The molecule has 0 radical (unpaired) electrons. The average Bonchev–Trinajstić information content (AvgIpc) is 3.30. The zero-order valence-corrected chi connectivity index (χ0v) is 18.1. The van der Waals surface area contributed by atoms with E-state index in [-0.39, 0.29) is 24.8 Å². The van der Waals surface area contributed by atoms with Crippen molar-refractivity contribution in [3.8, 4) is 11.5 Å². The fraction of sp³-hybridized carbons (Fsp3) is 0.350. The van der Waals surface area contributed by atoms with E-state index in [1.54, 1.807) is 0 Å². The van der Waals surface area contributed by atoms with Crippen LogP contribution in [0, 0.1) is 6.92 Å². The van der Waals surface area contributed by atoms with Gasteiger partial charge < -0.3 is 9.88 Å². The zero-order chi connectivity index (χ0) is 18.4. The molecule has 0 aliphatic carbocycles. The molecule has 29 heavy (non-hydrogen) atoms. The molecule has 1 aromatic carbocycles. The first kappa shape index (κ1) is 21.4. The molecule has 0 unspecified atom stereocenters. The van der Waals surface area contributed by atoms with E-state index >= 15 is 0 Å². The van der Waals surface area contributed by atoms with Gasteiger partial charge in [0, 0.05) is 37.9 Å². The molecule has 0 atom stereocenters. The summed E-state index contributed by atoms with van der Waals surface area (Å²) in [5, 5.41) is 14.2. The molecule has 0 amide bonds. The number of nitrogens with zero attached hydrogens (tertiary/aromatic N) is 6. The van der Waals surface area contributed by atoms with E-state index in [9.17, 15) is 0 Å². The van der Waals surface area contributed by atoms with Gasteiger partial charge in [0.2, 0.25) is 0 Å². The van der Waals surface area contributed by atoms with Crippen LogP contribution in [0.1, 0.15) is 23.4 Å².